The minimum Gasteiger partial charge on any atom is -0.456 e. The fraction of sp³-hybridized carbons (Fsp3) is 0. The third kappa shape index (κ3) is 5.01. The average Bonchev–Trinajstić information content (AvgIpc) is 3.53. The number of benzene rings is 8. The molecule has 2 heteroatoms. The van der Waals surface area contributed by atoms with Gasteiger partial charge in [-0.3, -0.25) is 0 Å². The van der Waals surface area contributed by atoms with Crippen molar-refractivity contribution in [2.75, 3.05) is 4.90 Å². The second-order valence-corrected chi connectivity index (χ2v) is 12.2. The van der Waals surface area contributed by atoms with E-state index in [0.29, 0.717) is 0 Å². The maximum atomic E-state index is 6.29. The van der Waals surface area contributed by atoms with E-state index in [9.17, 15) is 0 Å². The molecule has 1 heterocycles. The summed E-state index contributed by atoms with van der Waals surface area (Å²) < 4.78 is 6.29. The molecular formula is C46H31NO. The Balaban J connectivity index is 1.07. The van der Waals surface area contributed by atoms with E-state index in [-0.39, 0.29) is 0 Å². The molecule has 0 spiro atoms. The molecule has 9 aromatic rings. The van der Waals surface area contributed by atoms with E-state index < -0.39 is 0 Å². The summed E-state index contributed by atoms with van der Waals surface area (Å²) in [4.78, 5) is 2.30. The number of hydrogen-bond donors (Lipinski definition) is 0. The number of rotatable bonds is 6. The molecule has 8 aromatic carbocycles. The van der Waals surface area contributed by atoms with Gasteiger partial charge in [0.2, 0.25) is 0 Å². The molecule has 0 aliphatic rings. The van der Waals surface area contributed by atoms with Gasteiger partial charge in [-0.2, -0.15) is 0 Å². The molecule has 0 saturated carbocycles. The largest absolute Gasteiger partial charge is 0.456 e. The van der Waals surface area contributed by atoms with Crippen LogP contribution >= 0.6 is 0 Å². The molecular weight excluding hydrogens is 583 g/mol. The number of para-hydroxylation sites is 2. The smallest absolute Gasteiger partial charge is 0.137 e. The van der Waals surface area contributed by atoms with Gasteiger partial charge >= 0.3 is 0 Å². The van der Waals surface area contributed by atoms with Gasteiger partial charge in [-0.15, -0.1) is 0 Å². The third-order valence-corrected chi connectivity index (χ3v) is 9.25. The van der Waals surface area contributed by atoms with E-state index in [1.54, 1.807) is 0 Å². The van der Waals surface area contributed by atoms with Crippen molar-refractivity contribution < 1.29 is 4.42 Å². The molecule has 0 fully saturated rings. The van der Waals surface area contributed by atoms with Crippen molar-refractivity contribution in [2.45, 2.75) is 0 Å². The van der Waals surface area contributed by atoms with Crippen molar-refractivity contribution in [3.8, 4) is 33.4 Å². The summed E-state index contributed by atoms with van der Waals surface area (Å²) in [5.74, 6) is 0. The number of nitrogens with zero attached hydrogens (tertiary/aromatic N) is 1. The third-order valence-electron chi connectivity index (χ3n) is 9.25. The molecule has 2 nitrogen and oxygen atoms in total. The van der Waals surface area contributed by atoms with Crippen LogP contribution in [-0.4, -0.2) is 0 Å². The molecule has 0 bridgehead atoms. The topological polar surface area (TPSA) is 16.4 Å². The van der Waals surface area contributed by atoms with Crippen LogP contribution in [0, 0.1) is 0 Å². The van der Waals surface area contributed by atoms with Crippen LogP contribution in [0.15, 0.2) is 192 Å². The quantitative estimate of drug-likeness (QED) is 0.185. The normalized spacial score (nSPS) is 11.3. The van der Waals surface area contributed by atoms with Crippen LogP contribution in [0.25, 0.3) is 66.1 Å². The van der Waals surface area contributed by atoms with Crippen molar-refractivity contribution in [2.24, 2.45) is 0 Å². The van der Waals surface area contributed by atoms with Crippen LogP contribution in [0.2, 0.25) is 0 Å². The van der Waals surface area contributed by atoms with Crippen LogP contribution < -0.4 is 4.90 Å². The Bertz CT molecular complexity index is 2560. The van der Waals surface area contributed by atoms with Gasteiger partial charge in [0.25, 0.3) is 0 Å². The van der Waals surface area contributed by atoms with Crippen LogP contribution in [0.5, 0.6) is 0 Å². The molecule has 48 heavy (non-hydrogen) atoms. The van der Waals surface area contributed by atoms with Crippen LogP contribution in [0.1, 0.15) is 0 Å². The first-order chi connectivity index (χ1) is 23.8. The standard InChI is InChI=1S/C46H31NO/c1-2-16-38(17-3-1)47(40-27-28-44-43-20-6-7-22-45(43)48-46(44)31-40)39-18-9-15-37(30-39)36-14-8-13-35(29-36)32-23-25-34(26-24-32)42-21-10-12-33-11-4-5-19-41(33)42/h1-31H. The van der Waals surface area contributed by atoms with E-state index in [1.165, 1.54) is 38.6 Å². The Kier molecular flexibility index (Phi) is 6.84. The summed E-state index contributed by atoms with van der Waals surface area (Å²) in [5.41, 5.74) is 12.2. The van der Waals surface area contributed by atoms with Crippen LogP contribution in [-0.2, 0) is 0 Å². The first-order valence-electron chi connectivity index (χ1n) is 16.3. The maximum Gasteiger partial charge on any atom is 0.137 e. The lowest BCUT2D eigenvalue weighted by Crippen LogP contribution is -2.09. The highest BCUT2D eigenvalue weighted by Gasteiger charge is 2.16. The molecule has 0 unspecified atom stereocenters. The van der Waals surface area contributed by atoms with Crippen molar-refractivity contribution in [1.29, 1.82) is 0 Å². The summed E-state index contributed by atoms with van der Waals surface area (Å²) in [6, 6.07) is 66.9. The molecule has 0 atom stereocenters. The fourth-order valence-electron chi connectivity index (χ4n) is 6.90. The SMILES string of the molecule is c1ccc(N(c2cccc(-c3cccc(-c4ccc(-c5cccc6ccccc56)cc4)c3)c2)c2ccc3c(c2)oc2ccccc23)cc1. The number of fused-ring (bicyclic) bond motifs is 4. The number of anilines is 3. The predicted octanol–water partition coefficient (Wildman–Crippen LogP) is 13.2. The predicted molar refractivity (Wildman–Crippen MR) is 202 cm³/mol. The average molecular weight is 614 g/mol. The van der Waals surface area contributed by atoms with Gasteiger partial charge in [-0.1, -0.05) is 133 Å². The molecule has 0 radical (unpaired) electrons. The van der Waals surface area contributed by atoms with Gasteiger partial charge < -0.3 is 9.32 Å². The first-order valence-corrected chi connectivity index (χ1v) is 16.3. The van der Waals surface area contributed by atoms with Gasteiger partial charge in [-0.05, 0) is 92.7 Å². The highest BCUT2D eigenvalue weighted by atomic mass is 16.3. The summed E-state index contributed by atoms with van der Waals surface area (Å²) in [6.45, 7) is 0. The maximum absolute atomic E-state index is 6.29. The van der Waals surface area contributed by atoms with E-state index >= 15 is 0 Å². The van der Waals surface area contributed by atoms with Gasteiger partial charge in [-0.25, -0.2) is 0 Å². The lowest BCUT2D eigenvalue weighted by Gasteiger charge is -2.26. The zero-order valence-corrected chi connectivity index (χ0v) is 26.3. The highest BCUT2D eigenvalue weighted by molar-refractivity contribution is 6.06. The minimum absolute atomic E-state index is 0.880. The van der Waals surface area contributed by atoms with E-state index in [2.05, 4.69) is 181 Å². The molecule has 1 aromatic heterocycles. The summed E-state index contributed by atoms with van der Waals surface area (Å²) in [6.07, 6.45) is 0. The van der Waals surface area contributed by atoms with E-state index in [1.807, 2.05) is 12.1 Å². The molecule has 0 N–H and O–H groups in total. The summed E-state index contributed by atoms with van der Waals surface area (Å²) in [5, 5.41) is 4.79. The molecule has 9 rings (SSSR count). The van der Waals surface area contributed by atoms with Crippen molar-refractivity contribution in [3.63, 3.8) is 0 Å². The second kappa shape index (κ2) is 11.8. The highest BCUT2D eigenvalue weighted by Crippen LogP contribution is 2.40. The molecule has 0 aliphatic heterocycles. The Labute approximate surface area is 279 Å². The van der Waals surface area contributed by atoms with Crippen molar-refractivity contribution >= 4 is 49.8 Å². The van der Waals surface area contributed by atoms with Gasteiger partial charge in [0.1, 0.15) is 11.2 Å². The zero-order valence-electron chi connectivity index (χ0n) is 26.3. The Morgan fingerprint density at radius 1 is 0.312 bits per heavy atom. The van der Waals surface area contributed by atoms with Crippen LogP contribution in [0.3, 0.4) is 0 Å². The molecule has 226 valence electrons. The lowest BCUT2D eigenvalue weighted by atomic mass is 9.95. The monoisotopic (exact) mass is 613 g/mol. The summed E-state index contributed by atoms with van der Waals surface area (Å²) >= 11 is 0. The van der Waals surface area contributed by atoms with Crippen LogP contribution in [0.4, 0.5) is 17.1 Å². The lowest BCUT2D eigenvalue weighted by molar-refractivity contribution is 0.669. The Morgan fingerprint density at radius 3 is 1.75 bits per heavy atom. The van der Waals surface area contributed by atoms with E-state index in [4.69, 9.17) is 4.42 Å². The number of hydrogen-bond acceptors (Lipinski definition) is 2. The number of furan rings is 1. The summed E-state index contributed by atoms with van der Waals surface area (Å²) in [7, 11) is 0. The molecule has 0 aliphatic carbocycles. The van der Waals surface area contributed by atoms with Gasteiger partial charge in [0.15, 0.2) is 0 Å². The molecule has 0 saturated heterocycles. The minimum atomic E-state index is 0.880. The van der Waals surface area contributed by atoms with Gasteiger partial charge in [0, 0.05) is 33.9 Å². The van der Waals surface area contributed by atoms with E-state index in [0.717, 1.165) is 44.6 Å². The first kappa shape index (κ1) is 27.9. The molecule has 0 amide bonds. The zero-order chi connectivity index (χ0) is 31.9. The Hall–Kier alpha value is -6.38. The van der Waals surface area contributed by atoms with Crippen molar-refractivity contribution in [1.82, 2.24) is 0 Å². The fourth-order valence-corrected chi connectivity index (χ4v) is 6.90. The Morgan fingerprint density at radius 2 is 0.896 bits per heavy atom. The van der Waals surface area contributed by atoms with Crippen molar-refractivity contribution in [3.05, 3.63) is 188 Å². The second-order valence-electron chi connectivity index (χ2n) is 12.2. The van der Waals surface area contributed by atoms with Gasteiger partial charge in [0.05, 0.1) is 0 Å².